The number of hydrogen-bond acceptors (Lipinski definition) is 4. The van der Waals surface area contributed by atoms with Crippen molar-refractivity contribution in [3.63, 3.8) is 0 Å². The minimum atomic E-state index is -0.393. The van der Waals surface area contributed by atoms with E-state index in [9.17, 15) is 14.5 Å². The summed E-state index contributed by atoms with van der Waals surface area (Å²) in [4.78, 5) is 13.2. The molecule has 1 aliphatic heterocycles. The Balaban J connectivity index is 1.98. The fourth-order valence-electron chi connectivity index (χ4n) is 3.39. The van der Waals surface area contributed by atoms with Gasteiger partial charge in [-0.05, 0) is 30.9 Å². The van der Waals surface area contributed by atoms with E-state index in [1.165, 1.54) is 18.2 Å². The van der Waals surface area contributed by atoms with Gasteiger partial charge in [0.25, 0.3) is 5.69 Å². The average Bonchev–Trinajstić information content (AvgIpc) is 2.43. The van der Waals surface area contributed by atoms with Crippen molar-refractivity contribution in [2.24, 2.45) is 5.92 Å². The van der Waals surface area contributed by atoms with Crippen LogP contribution in [0.3, 0.4) is 0 Å². The minimum absolute atomic E-state index is 0.0306. The summed E-state index contributed by atoms with van der Waals surface area (Å²) in [6, 6.07) is 3.82. The summed E-state index contributed by atoms with van der Waals surface area (Å²) in [5.74, 6) is 0.0126. The van der Waals surface area contributed by atoms with E-state index < -0.39 is 5.82 Å². The molecule has 114 valence electrons. The summed E-state index contributed by atoms with van der Waals surface area (Å²) in [5, 5.41) is 14.6. The van der Waals surface area contributed by atoms with Crippen LogP contribution in [-0.4, -0.2) is 36.0 Å². The molecule has 1 aromatic carbocycles. The lowest BCUT2D eigenvalue weighted by atomic mass is 9.76. The van der Waals surface area contributed by atoms with Crippen molar-refractivity contribution in [3.05, 3.63) is 39.7 Å². The molecule has 0 spiro atoms. The molecule has 0 aromatic heterocycles. The Morgan fingerprint density at radius 1 is 1.33 bits per heavy atom. The van der Waals surface area contributed by atoms with Crippen LogP contribution in [0.5, 0.6) is 0 Å². The first kappa shape index (κ1) is 14.4. The van der Waals surface area contributed by atoms with Gasteiger partial charge in [-0.25, -0.2) is 4.39 Å². The number of nitro groups is 1. The van der Waals surface area contributed by atoms with E-state index >= 15 is 0 Å². The molecule has 1 aromatic rings. The summed E-state index contributed by atoms with van der Waals surface area (Å²) in [7, 11) is 0. The number of nitrogens with one attached hydrogen (secondary N) is 1. The van der Waals surface area contributed by atoms with Gasteiger partial charge in [0.15, 0.2) is 0 Å². The second-order valence-corrected chi connectivity index (χ2v) is 5.88. The molecule has 0 unspecified atom stereocenters. The Hall–Kier alpha value is -1.53. The molecule has 1 saturated heterocycles. The van der Waals surface area contributed by atoms with Crippen molar-refractivity contribution in [1.82, 2.24) is 10.2 Å². The fraction of sp³-hybridized carbons (Fsp3) is 0.600. The summed E-state index contributed by atoms with van der Waals surface area (Å²) in [6.45, 7) is 3.47. The van der Waals surface area contributed by atoms with Crippen molar-refractivity contribution in [2.45, 2.75) is 25.3 Å². The predicted octanol–water partition coefficient (Wildman–Crippen LogP) is 2.48. The number of rotatable bonds is 4. The molecular formula is C15H20FN3O2. The number of halogens is 1. The van der Waals surface area contributed by atoms with Crippen molar-refractivity contribution >= 4 is 5.69 Å². The number of piperazine rings is 1. The third kappa shape index (κ3) is 2.91. The quantitative estimate of drug-likeness (QED) is 0.684. The normalized spacial score (nSPS) is 21.8. The van der Waals surface area contributed by atoms with Crippen LogP contribution in [-0.2, 0) is 0 Å². The van der Waals surface area contributed by atoms with E-state index in [0.29, 0.717) is 11.5 Å². The van der Waals surface area contributed by atoms with E-state index in [0.717, 1.165) is 45.4 Å². The zero-order valence-electron chi connectivity index (χ0n) is 11.9. The van der Waals surface area contributed by atoms with Crippen LogP contribution in [0.25, 0.3) is 0 Å². The van der Waals surface area contributed by atoms with Gasteiger partial charge in [0.1, 0.15) is 5.82 Å². The molecule has 2 fully saturated rings. The molecular weight excluding hydrogens is 273 g/mol. The molecule has 3 rings (SSSR count). The number of benzene rings is 1. The van der Waals surface area contributed by atoms with Gasteiger partial charge in [0.2, 0.25) is 0 Å². The largest absolute Gasteiger partial charge is 0.314 e. The van der Waals surface area contributed by atoms with E-state index in [-0.39, 0.29) is 16.7 Å². The highest BCUT2D eigenvalue weighted by Crippen LogP contribution is 2.44. The first-order chi connectivity index (χ1) is 10.2. The van der Waals surface area contributed by atoms with Crippen LogP contribution >= 0.6 is 0 Å². The van der Waals surface area contributed by atoms with Crippen molar-refractivity contribution in [2.75, 3.05) is 26.2 Å². The number of hydrogen-bond donors (Lipinski definition) is 1. The molecule has 1 heterocycles. The molecule has 0 radical (unpaired) electrons. The molecule has 1 atom stereocenters. The van der Waals surface area contributed by atoms with Gasteiger partial charge in [-0.15, -0.1) is 0 Å². The van der Waals surface area contributed by atoms with Crippen molar-refractivity contribution < 1.29 is 9.31 Å². The summed E-state index contributed by atoms with van der Waals surface area (Å²) >= 11 is 0. The number of nitrogens with zero attached hydrogens (tertiary/aromatic N) is 2. The second-order valence-electron chi connectivity index (χ2n) is 5.88. The van der Waals surface area contributed by atoms with Gasteiger partial charge in [-0.3, -0.25) is 15.0 Å². The topological polar surface area (TPSA) is 58.4 Å². The minimum Gasteiger partial charge on any atom is -0.314 e. The van der Waals surface area contributed by atoms with E-state index in [1.807, 2.05) is 0 Å². The van der Waals surface area contributed by atoms with E-state index in [4.69, 9.17) is 0 Å². The average molecular weight is 293 g/mol. The van der Waals surface area contributed by atoms with Gasteiger partial charge >= 0.3 is 0 Å². The highest BCUT2D eigenvalue weighted by atomic mass is 19.1. The van der Waals surface area contributed by atoms with Gasteiger partial charge in [-0.1, -0.05) is 6.42 Å². The zero-order valence-corrected chi connectivity index (χ0v) is 11.9. The molecule has 5 nitrogen and oxygen atoms in total. The van der Waals surface area contributed by atoms with Crippen LogP contribution in [0.1, 0.15) is 30.9 Å². The van der Waals surface area contributed by atoms with Crippen LogP contribution in [0.15, 0.2) is 18.2 Å². The van der Waals surface area contributed by atoms with Crippen molar-refractivity contribution in [3.8, 4) is 0 Å². The predicted molar refractivity (Wildman–Crippen MR) is 77.6 cm³/mol. The molecule has 0 bridgehead atoms. The molecule has 2 aliphatic rings. The van der Waals surface area contributed by atoms with Crippen molar-refractivity contribution in [1.29, 1.82) is 0 Å². The second kappa shape index (κ2) is 6.07. The van der Waals surface area contributed by atoms with E-state index in [2.05, 4.69) is 10.2 Å². The standard InChI is InChI=1S/C15H20FN3O2/c16-12-4-5-14(19(20)21)13(10-12)15(11-2-1-3-11)18-8-6-17-7-9-18/h4-5,10-11,15,17H,1-3,6-9H2/t15-/m0/s1. The maximum Gasteiger partial charge on any atom is 0.274 e. The Bertz CT molecular complexity index is 528. The first-order valence-electron chi connectivity index (χ1n) is 7.55. The molecule has 1 N–H and O–H groups in total. The summed E-state index contributed by atoms with van der Waals surface area (Å²) < 4.78 is 13.7. The highest BCUT2D eigenvalue weighted by molar-refractivity contribution is 5.43. The smallest absolute Gasteiger partial charge is 0.274 e. The monoisotopic (exact) mass is 293 g/mol. The Morgan fingerprint density at radius 2 is 2.05 bits per heavy atom. The Morgan fingerprint density at radius 3 is 2.62 bits per heavy atom. The molecule has 21 heavy (non-hydrogen) atoms. The van der Waals surface area contributed by atoms with Gasteiger partial charge in [0, 0.05) is 38.3 Å². The number of nitro benzene ring substituents is 1. The molecule has 1 aliphatic carbocycles. The lowest BCUT2D eigenvalue weighted by molar-refractivity contribution is -0.386. The van der Waals surface area contributed by atoms with E-state index in [1.54, 1.807) is 0 Å². The SMILES string of the molecule is O=[N+]([O-])c1ccc(F)cc1[C@H](C1CCC1)N1CCNCC1. The third-order valence-corrected chi connectivity index (χ3v) is 4.65. The van der Waals surface area contributed by atoms with Gasteiger partial charge < -0.3 is 5.32 Å². The van der Waals surface area contributed by atoms with Gasteiger partial charge in [0.05, 0.1) is 10.5 Å². The highest BCUT2D eigenvalue weighted by Gasteiger charge is 2.37. The maximum atomic E-state index is 13.7. The van der Waals surface area contributed by atoms with Crippen LogP contribution in [0, 0.1) is 21.8 Å². The first-order valence-corrected chi connectivity index (χ1v) is 7.55. The molecule has 6 heteroatoms. The summed E-state index contributed by atoms with van der Waals surface area (Å²) in [6.07, 6.45) is 3.31. The zero-order chi connectivity index (χ0) is 14.8. The van der Waals surface area contributed by atoms with Crippen LogP contribution < -0.4 is 5.32 Å². The lowest BCUT2D eigenvalue weighted by Gasteiger charge is -2.43. The molecule has 0 amide bonds. The Kier molecular flexibility index (Phi) is 4.17. The fourth-order valence-corrected chi connectivity index (χ4v) is 3.39. The third-order valence-electron chi connectivity index (χ3n) is 4.65. The van der Waals surface area contributed by atoms with Crippen LogP contribution in [0.4, 0.5) is 10.1 Å². The maximum absolute atomic E-state index is 13.7. The molecule has 1 saturated carbocycles. The Labute approximate surface area is 123 Å². The summed E-state index contributed by atoms with van der Waals surface area (Å²) in [5.41, 5.74) is 0.596. The lowest BCUT2D eigenvalue weighted by Crippen LogP contribution is -2.48. The van der Waals surface area contributed by atoms with Gasteiger partial charge in [-0.2, -0.15) is 0 Å². The van der Waals surface area contributed by atoms with Crippen LogP contribution in [0.2, 0.25) is 0 Å².